The summed E-state index contributed by atoms with van der Waals surface area (Å²) in [5.74, 6) is 0. The number of aliphatic imine (C=N–C) groups is 1. The fourth-order valence-electron chi connectivity index (χ4n) is 2.75. The van der Waals surface area contributed by atoms with E-state index in [0.717, 1.165) is 23.2 Å². The Kier molecular flexibility index (Phi) is 5.12. The summed E-state index contributed by atoms with van der Waals surface area (Å²) in [7, 11) is 0. The molecular formula is C22H17NS. The molecule has 1 nitrogen and oxygen atoms in total. The minimum absolute atomic E-state index is 0.815. The molecule has 3 rings (SSSR count). The highest BCUT2D eigenvalue weighted by atomic mass is 32.1. The lowest BCUT2D eigenvalue weighted by Crippen LogP contribution is -1.87. The van der Waals surface area contributed by atoms with E-state index in [1.807, 2.05) is 18.2 Å². The second-order valence-corrected chi connectivity index (χ2v) is 5.67. The van der Waals surface area contributed by atoms with Crippen molar-refractivity contribution in [3.8, 4) is 22.3 Å². The summed E-state index contributed by atoms with van der Waals surface area (Å²) in [6.07, 6.45) is 2.79. The number of allylic oxidation sites excluding steroid dienone is 1. The van der Waals surface area contributed by atoms with Gasteiger partial charge < -0.3 is 0 Å². The van der Waals surface area contributed by atoms with Crippen molar-refractivity contribution in [3.05, 3.63) is 91.0 Å². The van der Waals surface area contributed by atoms with Crippen molar-refractivity contribution in [2.24, 2.45) is 4.99 Å². The van der Waals surface area contributed by atoms with Gasteiger partial charge in [-0.3, -0.25) is 0 Å². The van der Waals surface area contributed by atoms with Gasteiger partial charge in [0.1, 0.15) is 0 Å². The molecule has 3 aromatic rings. The van der Waals surface area contributed by atoms with Crippen molar-refractivity contribution >= 4 is 23.1 Å². The summed E-state index contributed by atoms with van der Waals surface area (Å²) in [5, 5.41) is 2.45. The Morgan fingerprint density at radius 2 is 1.58 bits per heavy atom. The second kappa shape index (κ2) is 7.65. The summed E-state index contributed by atoms with van der Waals surface area (Å²) in [5.41, 5.74) is 6.72. The Labute approximate surface area is 148 Å². The van der Waals surface area contributed by atoms with Gasteiger partial charge in [0, 0.05) is 0 Å². The van der Waals surface area contributed by atoms with Gasteiger partial charge in [-0.15, -0.1) is 6.58 Å². The average Bonchev–Trinajstić information content (AvgIpc) is 2.64. The third-order valence-corrected chi connectivity index (χ3v) is 4.00. The Morgan fingerprint density at radius 1 is 0.875 bits per heavy atom. The lowest BCUT2D eigenvalue weighted by Gasteiger charge is -2.12. The standard InChI is InChI=1S/C22H17NS/c1-2-6-17-9-11-19(12-10-17)22-15-20(23-16-24)13-14-21(22)18-7-4-3-5-8-18/h2-5,7-15H,1,6H2. The van der Waals surface area contributed by atoms with Crippen molar-refractivity contribution in [2.45, 2.75) is 6.42 Å². The zero-order valence-corrected chi connectivity index (χ0v) is 14.1. The predicted molar refractivity (Wildman–Crippen MR) is 106 cm³/mol. The molecule has 3 aromatic carbocycles. The van der Waals surface area contributed by atoms with Gasteiger partial charge in [0.15, 0.2) is 0 Å². The monoisotopic (exact) mass is 327 g/mol. The van der Waals surface area contributed by atoms with Gasteiger partial charge in [0.05, 0.1) is 10.8 Å². The van der Waals surface area contributed by atoms with Crippen LogP contribution in [0.3, 0.4) is 0 Å². The van der Waals surface area contributed by atoms with Crippen LogP contribution < -0.4 is 0 Å². The van der Waals surface area contributed by atoms with E-state index in [9.17, 15) is 0 Å². The summed E-state index contributed by atoms with van der Waals surface area (Å²) >= 11 is 4.74. The molecule has 0 unspecified atom stereocenters. The zero-order chi connectivity index (χ0) is 16.8. The average molecular weight is 327 g/mol. The number of isothiocyanates is 1. The van der Waals surface area contributed by atoms with Crippen molar-refractivity contribution in [1.29, 1.82) is 0 Å². The van der Waals surface area contributed by atoms with E-state index in [1.54, 1.807) is 0 Å². The van der Waals surface area contributed by atoms with Gasteiger partial charge in [-0.1, -0.05) is 66.7 Å². The summed E-state index contributed by atoms with van der Waals surface area (Å²) < 4.78 is 0. The van der Waals surface area contributed by atoms with E-state index in [0.29, 0.717) is 0 Å². The smallest absolute Gasteiger partial charge is 0.0746 e. The number of rotatable bonds is 5. The zero-order valence-electron chi connectivity index (χ0n) is 13.3. The molecule has 0 N–H and O–H groups in total. The maximum absolute atomic E-state index is 4.74. The Hall–Kier alpha value is -2.80. The molecule has 0 radical (unpaired) electrons. The van der Waals surface area contributed by atoms with Gasteiger partial charge in [-0.2, -0.15) is 4.99 Å². The van der Waals surface area contributed by atoms with E-state index >= 15 is 0 Å². The van der Waals surface area contributed by atoms with Crippen LogP contribution in [0.5, 0.6) is 0 Å². The maximum atomic E-state index is 4.74. The number of thiocarbonyl (C=S) groups is 1. The van der Waals surface area contributed by atoms with Gasteiger partial charge >= 0.3 is 0 Å². The first kappa shape index (κ1) is 16.1. The third kappa shape index (κ3) is 3.57. The van der Waals surface area contributed by atoms with Crippen molar-refractivity contribution in [2.75, 3.05) is 0 Å². The summed E-state index contributed by atoms with van der Waals surface area (Å²) in [4.78, 5) is 4.13. The lowest BCUT2D eigenvalue weighted by molar-refractivity contribution is 1.28. The van der Waals surface area contributed by atoms with Gasteiger partial charge in [0.25, 0.3) is 0 Å². The fourth-order valence-corrected chi connectivity index (χ4v) is 2.86. The molecule has 0 spiro atoms. The van der Waals surface area contributed by atoms with E-state index < -0.39 is 0 Å². The van der Waals surface area contributed by atoms with Crippen LogP contribution in [0.25, 0.3) is 22.3 Å². The van der Waals surface area contributed by atoms with Crippen LogP contribution in [0, 0.1) is 0 Å². The van der Waals surface area contributed by atoms with Crippen LogP contribution in [0.2, 0.25) is 0 Å². The molecule has 24 heavy (non-hydrogen) atoms. The van der Waals surface area contributed by atoms with Gasteiger partial charge in [-0.05, 0) is 58.6 Å². The highest BCUT2D eigenvalue weighted by Gasteiger charge is 2.08. The van der Waals surface area contributed by atoms with E-state index in [4.69, 9.17) is 12.2 Å². The molecule has 0 heterocycles. The van der Waals surface area contributed by atoms with E-state index in [2.05, 4.69) is 77.4 Å². The highest BCUT2D eigenvalue weighted by molar-refractivity contribution is 7.78. The number of hydrogen-bond donors (Lipinski definition) is 0. The number of benzene rings is 3. The largest absolute Gasteiger partial charge is 0.195 e. The predicted octanol–water partition coefficient (Wildman–Crippen LogP) is 6.48. The molecule has 2 heteroatoms. The number of nitrogens with zero attached hydrogens (tertiary/aromatic N) is 1. The normalized spacial score (nSPS) is 10.0. The number of hydrogen-bond acceptors (Lipinski definition) is 2. The van der Waals surface area contributed by atoms with E-state index in [1.165, 1.54) is 16.7 Å². The molecule has 0 aromatic heterocycles. The van der Waals surface area contributed by atoms with Crippen LogP contribution in [-0.4, -0.2) is 5.16 Å². The molecule has 0 saturated heterocycles. The third-order valence-electron chi connectivity index (χ3n) is 3.91. The molecule has 116 valence electrons. The first-order valence-corrected chi connectivity index (χ1v) is 8.20. The van der Waals surface area contributed by atoms with Crippen molar-refractivity contribution in [1.82, 2.24) is 0 Å². The molecule has 0 amide bonds. The quantitative estimate of drug-likeness (QED) is 0.297. The Bertz CT molecular complexity index is 889. The minimum atomic E-state index is 0.815. The van der Waals surface area contributed by atoms with Crippen LogP contribution >= 0.6 is 12.2 Å². The van der Waals surface area contributed by atoms with Crippen LogP contribution in [0.15, 0.2) is 90.4 Å². The van der Waals surface area contributed by atoms with E-state index in [-0.39, 0.29) is 0 Å². The first-order chi connectivity index (χ1) is 11.8. The van der Waals surface area contributed by atoms with Crippen molar-refractivity contribution in [3.63, 3.8) is 0 Å². The SMILES string of the molecule is C=CCc1ccc(-c2cc(N=C=S)ccc2-c2ccccc2)cc1. The molecule has 0 atom stereocenters. The molecule has 0 aliphatic rings. The lowest BCUT2D eigenvalue weighted by atomic mass is 9.93. The minimum Gasteiger partial charge on any atom is -0.195 e. The topological polar surface area (TPSA) is 12.4 Å². The highest BCUT2D eigenvalue weighted by Crippen LogP contribution is 2.35. The van der Waals surface area contributed by atoms with Crippen LogP contribution in [0.1, 0.15) is 5.56 Å². The molecule has 0 bridgehead atoms. The summed E-state index contributed by atoms with van der Waals surface area (Å²) in [6, 6.07) is 25.1. The second-order valence-electron chi connectivity index (χ2n) is 5.49. The Balaban J connectivity index is 2.14. The molecule has 0 fully saturated rings. The molecule has 0 saturated carbocycles. The van der Waals surface area contributed by atoms with Crippen LogP contribution in [0.4, 0.5) is 5.69 Å². The first-order valence-electron chi connectivity index (χ1n) is 7.79. The summed E-state index contributed by atoms with van der Waals surface area (Å²) in [6.45, 7) is 3.79. The molecule has 0 aliphatic carbocycles. The molecular weight excluding hydrogens is 310 g/mol. The van der Waals surface area contributed by atoms with Gasteiger partial charge in [0.2, 0.25) is 0 Å². The van der Waals surface area contributed by atoms with Gasteiger partial charge in [-0.25, -0.2) is 0 Å². The van der Waals surface area contributed by atoms with Crippen molar-refractivity contribution < 1.29 is 0 Å². The van der Waals surface area contributed by atoms with Crippen LogP contribution in [-0.2, 0) is 6.42 Å². The fraction of sp³-hybridized carbons (Fsp3) is 0.0455. The maximum Gasteiger partial charge on any atom is 0.0746 e. The molecule has 0 aliphatic heterocycles. The Morgan fingerprint density at radius 3 is 2.25 bits per heavy atom.